The number of carbonyl (C=O) groups is 2. The van der Waals surface area contributed by atoms with Gasteiger partial charge in [-0.2, -0.15) is 0 Å². The SMILES string of the molecule is CC[C@@H](C)[C@@H](N=C(N)NC(=O)Cc1ccc(OC)c(OC)c1)C(=O)CCC(C)C. The number of guanidine groups is 1. The standard InChI is InChI=1S/C22H35N3O4/c1-7-15(4)21(17(26)10-8-14(2)3)25-22(23)24-20(27)13-16-9-11-18(28-5)19(12-16)29-6/h9,11-12,14-15,21H,7-8,10,13H2,1-6H3,(H3,23,24,25,27)/t15-,21-/m1/s1. The second-order valence-corrected chi connectivity index (χ2v) is 7.66. The highest BCUT2D eigenvalue weighted by atomic mass is 16.5. The fraction of sp³-hybridized carbons (Fsp3) is 0.591. The van der Waals surface area contributed by atoms with Crippen molar-refractivity contribution < 1.29 is 19.1 Å². The van der Waals surface area contributed by atoms with Crippen LogP contribution in [0.4, 0.5) is 0 Å². The number of ether oxygens (including phenoxy) is 2. The summed E-state index contributed by atoms with van der Waals surface area (Å²) < 4.78 is 10.5. The Balaban J connectivity index is 2.81. The highest BCUT2D eigenvalue weighted by molar-refractivity contribution is 5.98. The molecular weight excluding hydrogens is 370 g/mol. The molecule has 0 saturated carbocycles. The zero-order valence-corrected chi connectivity index (χ0v) is 18.5. The minimum atomic E-state index is -0.542. The molecule has 0 aliphatic rings. The number of hydrogen-bond donors (Lipinski definition) is 2. The number of ketones is 1. The Morgan fingerprint density at radius 1 is 1.14 bits per heavy atom. The third-order valence-electron chi connectivity index (χ3n) is 4.84. The third-order valence-corrected chi connectivity index (χ3v) is 4.84. The molecule has 3 N–H and O–H groups in total. The molecule has 0 heterocycles. The van der Waals surface area contributed by atoms with Gasteiger partial charge in [0.15, 0.2) is 23.2 Å². The van der Waals surface area contributed by atoms with Crippen LogP contribution in [0.5, 0.6) is 11.5 Å². The van der Waals surface area contributed by atoms with Crippen LogP contribution in [0.3, 0.4) is 0 Å². The Bertz CT molecular complexity index is 716. The van der Waals surface area contributed by atoms with E-state index in [-0.39, 0.29) is 30.0 Å². The number of amides is 1. The average molecular weight is 406 g/mol. The van der Waals surface area contributed by atoms with E-state index in [1.165, 1.54) is 7.11 Å². The summed E-state index contributed by atoms with van der Waals surface area (Å²) in [6.45, 7) is 8.14. The molecule has 0 aliphatic heterocycles. The molecule has 29 heavy (non-hydrogen) atoms. The van der Waals surface area contributed by atoms with Crippen LogP contribution in [-0.4, -0.2) is 37.9 Å². The second kappa shape index (κ2) is 12.1. The summed E-state index contributed by atoms with van der Waals surface area (Å²) in [7, 11) is 3.09. The lowest BCUT2D eigenvalue weighted by atomic mass is 9.92. The van der Waals surface area contributed by atoms with Gasteiger partial charge in [0.2, 0.25) is 5.91 Å². The number of Topliss-reactive ketones (excluding diaryl/α,β-unsaturated/α-hetero) is 1. The number of methoxy groups -OCH3 is 2. The van der Waals surface area contributed by atoms with Crippen molar-refractivity contribution in [2.75, 3.05) is 14.2 Å². The fourth-order valence-electron chi connectivity index (χ4n) is 2.86. The minimum Gasteiger partial charge on any atom is -0.493 e. The van der Waals surface area contributed by atoms with E-state index >= 15 is 0 Å². The van der Waals surface area contributed by atoms with Crippen molar-refractivity contribution in [3.05, 3.63) is 23.8 Å². The largest absolute Gasteiger partial charge is 0.493 e. The van der Waals surface area contributed by atoms with Gasteiger partial charge in [-0.15, -0.1) is 0 Å². The summed E-state index contributed by atoms with van der Waals surface area (Å²) >= 11 is 0. The van der Waals surface area contributed by atoms with E-state index in [4.69, 9.17) is 15.2 Å². The van der Waals surface area contributed by atoms with Crippen molar-refractivity contribution in [2.45, 2.75) is 59.4 Å². The number of hydrogen-bond acceptors (Lipinski definition) is 5. The molecule has 0 aromatic heterocycles. The van der Waals surface area contributed by atoms with Crippen LogP contribution in [0.15, 0.2) is 23.2 Å². The van der Waals surface area contributed by atoms with E-state index in [1.54, 1.807) is 25.3 Å². The Morgan fingerprint density at radius 2 is 1.79 bits per heavy atom. The molecule has 2 atom stereocenters. The van der Waals surface area contributed by atoms with Gasteiger partial charge >= 0.3 is 0 Å². The summed E-state index contributed by atoms with van der Waals surface area (Å²) in [5.41, 5.74) is 6.69. The normalized spacial score (nSPS) is 13.7. The van der Waals surface area contributed by atoms with Crippen LogP contribution >= 0.6 is 0 Å². The maximum absolute atomic E-state index is 12.6. The van der Waals surface area contributed by atoms with E-state index < -0.39 is 6.04 Å². The summed E-state index contributed by atoms with van der Waals surface area (Å²) in [5, 5.41) is 2.59. The van der Waals surface area contributed by atoms with E-state index in [0.717, 1.165) is 18.4 Å². The van der Waals surface area contributed by atoms with Crippen molar-refractivity contribution >= 4 is 17.6 Å². The van der Waals surface area contributed by atoms with Gasteiger partial charge in [-0.25, -0.2) is 4.99 Å². The maximum Gasteiger partial charge on any atom is 0.231 e. The Morgan fingerprint density at radius 3 is 2.34 bits per heavy atom. The van der Waals surface area contributed by atoms with Gasteiger partial charge in [-0.05, 0) is 36.0 Å². The second-order valence-electron chi connectivity index (χ2n) is 7.66. The van der Waals surface area contributed by atoms with Crippen molar-refractivity contribution in [1.29, 1.82) is 0 Å². The first kappa shape index (κ1) is 24.5. The molecule has 0 saturated heterocycles. The van der Waals surface area contributed by atoms with Crippen molar-refractivity contribution in [2.24, 2.45) is 22.6 Å². The molecule has 7 heteroatoms. The third kappa shape index (κ3) is 8.13. The number of aliphatic imine (C=N–C) groups is 1. The van der Waals surface area contributed by atoms with Crippen molar-refractivity contribution in [3.8, 4) is 11.5 Å². The van der Waals surface area contributed by atoms with E-state index in [2.05, 4.69) is 24.2 Å². The predicted molar refractivity (Wildman–Crippen MR) is 115 cm³/mol. The highest BCUT2D eigenvalue weighted by Gasteiger charge is 2.24. The smallest absolute Gasteiger partial charge is 0.231 e. The van der Waals surface area contributed by atoms with Gasteiger partial charge in [-0.3, -0.25) is 14.9 Å². The molecular formula is C22H35N3O4. The van der Waals surface area contributed by atoms with Crippen LogP contribution in [-0.2, 0) is 16.0 Å². The van der Waals surface area contributed by atoms with Gasteiger partial charge in [0.1, 0.15) is 6.04 Å². The lowest BCUT2D eigenvalue weighted by molar-refractivity contribution is -0.122. The topological polar surface area (TPSA) is 103 Å². The lowest BCUT2D eigenvalue weighted by Gasteiger charge is -2.19. The van der Waals surface area contributed by atoms with Gasteiger partial charge in [0.05, 0.1) is 20.6 Å². The van der Waals surface area contributed by atoms with Crippen LogP contribution in [0.25, 0.3) is 0 Å². The number of nitrogens with zero attached hydrogens (tertiary/aromatic N) is 1. The highest BCUT2D eigenvalue weighted by Crippen LogP contribution is 2.27. The molecule has 0 radical (unpaired) electrons. The minimum absolute atomic E-state index is 0.0290. The molecule has 7 nitrogen and oxygen atoms in total. The monoisotopic (exact) mass is 405 g/mol. The molecule has 0 unspecified atom stereocenters. The summed E-state index contributed by atoms with van der Waals surface area (Å²) in [6.07, 6.45) is 2.18. The van der Waals surface area contributed by atoms with Gasteiger partial charge < -0.3 is 15.2 Å². The Labute approximate surface area is 174 Å². The van der Waals surface area contributed by atoms with E-state index in [9.17, 15) is 9.59 Å². The van der Waals surface area contributed by atoms with Crippen LogP contribution in [0, 0.1) is 11.8 Å². The number of nitrogens with one attached hydrogen (secondary N) is 1. The van der Waals surface area contributed by atoms with Gasteiger partial charge in [0.25, 0.3) is 0 Å². The Hall–Kier alpha value is -2.57. The molecule has 0 fully saturated rings. The first-order chi connectivity index (χ1) is 13.7. The molecule has 1 rings (SSSR count). The quantitative estimate of drug-likeness (QED) is 0.435. The number of benzene rings is 1. The maximum atomic E-state index is 12.6. The molecule has 1 aromatic rings. The summed E-state index contributed by atoms with van der Waals surface area (Å²) in [6, 6.07) is 4.72. The summed E-state index contributed by atoms with van der Waals surface area (Å²) in [4.78, 5) is 29.3. The fourth-order valence-corrected chi connectivity index (χ4v) is 2.86. The molecule has 0 spiro atoms. The van der Waals surface area contributed by atoms with Crippen LogP contribution in [0.1, 0.15) is 52.5 Å². The first-order valence-corrected chi connectivity index (χ1v) is 10.1. The predicted octanol–water partition coefficient (Wildman–Crippen LogP) is 3.10. The molecule has 162 valence electrons. The number of rotatable bonds is 11. The van der Waals surface area contributed by atoms with Crippen molar-refractivity contribution in [1.82, 2.24) is 5.32 Å². The zero-order valence-electron chi connectivity index (χ0n) is 18.5. The van der Waals surface area contributed by atoms with Gasteiger partial charge in [0, 0.05) is 6.42 Å². The average Bonchev–Trinajstić information content (AvgIpc) is 2.69. The van der Waals surface area contributed by atoms with Gasteiger partial charge in [-0.1, -0.05) is 40.2 Å². The molecule has 1 aromatic carbocycles. The van der Waals surface area contributed by atoms with E-state index in [1.807, 2.05) is 13.8 Å². The first-order valence-electron chi connectivity index (χ1n) is 10.1. The number of carbonyl (C=O) groups excluding carboxylic acids is 2. The summed E-state index contributed by atoms with van der Waals surface area (Å²) in [5.74, 6) is 1.36. The van der Waals surface area contributed by atoms with Crippen LogP contribution in [0.2, 0.25) is 0 Å². The van der Waals surface area contributed by atoms with Crippen molar-refractivity contribution in [3.63, 3.8) is 0 Å². The van der Waals surface area contributed by atoms with Crippen LogP contribution < -0.4 is 20.5 Å². The molecule has 0 bridgehead atoms. The lowest BCUT2D eigenvalue weighted by Crippen LogP contribution is -2.40. The number of nitrogens with two attached hydrogens (primary N) is 1. The Kier molecular flexibility index (Phi) is 10.2. The molecule has 1 amide bonds. The molecule has 0 aliphatic carbocycles. The zero-order chi connectivity index (χ0) is 22.0. The van der Waals surface area contributed by atoms with E-state index in [0.29, 0.717) is 23.8 Å².